The Labute approximate surface area is 158 Å². The van der Waals surface area contributed by atoms with Crippen LogP contribution in [-0.4, -0.2) is 24.2 Å². The van der Waals surface area contributed by atoms with Gasteiger partial charge in [0, 0.05) is 16.6 Å². The lowest BCUT2D eigenvalue weighted by atomic mass is 9.78. The van der Waals surface area contributed by atoms with E-state index in [0.717, 1.165) is 29.7 Å². The number of benzene rings is 2. The van der Waals surface area contributed by atoms with Gasteiger partial charge in [0.15, 0.2) is 0 Å². The molecular weight excluding hydrogens is 355 g/mol. The molecule has 0 aliphatic carbocycles. The lowest BCUT2D eigenvalue weighted by Gasteiger charge is -2.34. The van der Waals surface area contributed by atoms with Crippen molar-refractivity contribution in [3.05, 3.63) is 69.7 Å². The second kappa shape index (κ2) is 8.03. The molecule has 3 rings (SSSR count). The average molecular weight is 375 g/mol. The minimum absolute atomic E-state index is 0.0221. The first kappa shape index (κ1) is 18.0. The number of halogens is 2. The fourth-order valence-electron chi connectivity index (χ4n) is 2.96. The Morgan fingerprint density at radius 2 is 1.64 bits per heavy atom. The zero-order valence-corrected chi connectivity index (χ0v) is 15.5. The fourth-order valence-corrected chi connectivity index (χ4v) is 3.21. The third-order valence-electron chi connectivity index (χ3n) is 4.36. The highest BCUT2D eigenvalue weighted by Crippen LogP contribution is 2.36. The van der Waals surface area contributed by atoms with Crippen LogP contribution in [0.4, 0.5) is 0 Å². The number of nitrogens with zero attached hydrogens (tertiary/aromatic N) is 1. The standard InChI is InChI=1S/C20H20Cl2N2O/c1-2-3-12-23-20(25)19-17(13-4-8-15(21)9-5-13)18(24-19)14-6-10-16(22)11-7-14/h4-11,17,19H,2-3,12H2,1H3,(H,23,25)/t17-,19-/m0/s1. The summed E-state index contributed by atoms with van der Waals surface area (Å²) >= 11 is 12.0. The van der Waals surface area contributed by atoms with E-state index < -0.39 is 6.04 Å². The monoisotopic (exact) mass is 374 g/mol. The molecule has 2 aromatic carbocycles. The van der Waals surface area contributed by atoms with Crippen LogP contribution in [0.3, 0.4) is 0 Å². The smallest absolute Gasteiger partial charge is 0.245 e. The molecule has 0 bridgehead atoms. The quantitative estimate of drug-likeness (QED) is 0.720. The Morgan fingerprint density at radius 1 is 1.04 bits per heavy atom. The first-order valence-electron chi connectivity index (χ1n) is 8.47. The normalized spacial score (nSPS) is 19.1. The molecule has 1 aliphatic rings. The average Bonchev–Trinajstić information content (AvgIpc) is 2.58. The van der Waals surface area contributed by atoms with Crippen molar-refractivity contribution in [2.45, 2.75) is 31.7 Å². The van der Waals surface area contributed by atoms with Crippen molar-refractivity contribution in [3.63, 3.8) is 0 Å². The summed E-state index contributed by atoms with van der Waals surface area (Å²) < 4.78 is 0. The van der Waals surface area contributed by atoms with Crippen LogP contribution in [0, 0.1) is 0 Å². The van der Waals surface area contributed by atoms with Crippen LogP contribution in [0.25, 0.3) is 0 Å². The molecular formula is C20H20Cl2N2O. The van der Waals surface area contributed by atoms with Crippen molar-refractivity contribution >= 4 is 34.8 Å². The highest BCUT2D eigenvalue weighted by atomic mass is 35.5. The summed E-state index contributed by atoms with van der Waals surface area (Å²) in [4.78, 5) is 17.1. The van der Waals surface area contributed by atoms with Gasteiger partial charge in [0.05, 0.1) is 11.6 Å². The van der Waals surface area contributed by atoms with Crippen LogP contribution >= 0.6 is 23.2 Å². The summed E-state index contributed by atoms with van der Waals surface area (Å²) in [6.45, 7) is 2.79. The van der Waals surface area contributed by atoms with Gasteiger partial charge in [-0.25, -0.2) is 0 Å². The fraction of sp³-hybridized carbons (Fsp3) is 0.300. The number of hydrogen-bond acceptors (Lipinski definition) is 2. The van der Waals surface area contributed by atoms with Gasteiger partial charge in [-0.05, 0) is 41.8 Å². The number of amides is 1. The zero-order chi connectivity index (χ0) is 17.8. The number of carbonyl (C=O) groups excluding carboxylic acids is 1. The van der Waals surface area contributed by atoms with Gasteiger partial charge in [-0.1, -0.05) is 60.8 Å². The first-order valence-corrected chi connectivity index (χ1v) is 9.22. The van der Waals surface area contributed by atoms with Crippen LogP contribution in [0.1, 0.15) is 36.8 Å². The molecule has 0 radical (unpaired) electrons. The van der Waals surface area contributed by atoms with E-state index in [4.69, 9.17) is 23.2 Å². The summed E-state index contributed by atoms with van der Waals surface area (Å²) in [7, 11) is 0. The first-order chi connectivity index (χ1) is 12.1. The molecule has 0 spiro atoms. The molecule has 3 nitrogen and oxygen atoms in total. The van der Waals surface area contributed by atoms with Crippen molar-refractivity contribution in [2.75, 3.05) is 6.54 Å². The number of unbranched alkanes of at least 4 members (excludes halogenated alkanes) is 1. The molecule has 0 saturated heterocycles. The van der Waals surface area contributed by atoms with Crippen LogP contribution in [-0.2, 0) is 4.79 Å². The van der Waals surface area contributed by atoms with Gasteiger partial charge >= 0.3 is 0 Å². The van der Waals surface area contributed by atoms with Crippen LogP contribution < -0.4 is 5.32 Å². The third-order valence-corrected chi connectivity index (χ3v) is 4.86. The summed E-state index contributed by atoms with van der Waals surface area (Å²) in [5.41, 5.74) is 2.94. The predicted molar refractivity (Wildman–Crippen MR) is 104 cm³/mol. The Kier molecular flexibility index (Phi) is 5.77. The van der Waals surface area contributed by atoms with Gasteiger partial charge < -0.3 is 5.32 Å². The van der Waals surface area contributed by atoms with E-state index >= 15 is 0 Å². The number of nitrogens with one attached hydrogen (secondary N) is 1. The van der Waals surface area contributed by atoms with Gasteiger partial charge in [-0.15, -0.1) is 0 Å². The van der Waals surface area contributed by atoms with Gasteiger partial charge in [-0.3, -0.25) is 9.79 Å². The molecule has 1 heterocycles. The maximum atomic E-state index is 12.5. The van der Waals surface area contributed by atoms with Gasteiger partial charge in [0.1, 0.15) is 6.04 Å². The van der Waals surface area contributed by atoms with Crippen LogP contribution in [0.2, 0.25) is 10.0 Å². The topological polar surface area (TPSA) is 41.5 Å². The Hall–Kier alpha value is -1.84. The second-order valence-corrected chi connectivity index (χ2v) is 7.01. The van der Waals surface area contributed by atoms with Gasteiger partial charge in [-0.2, -0.15) is 0 Å². The van der Waals surface area contributed by atoms with Gasteiger partial charge in [0.2, 0.25) is 5.91 Å². The van der Waals surface area contributed by atoms with Crippen LogP contribution in [0.5, 0.6) is 0 Å². The largest absolute Gasteiger partial charge is 0.354 e. The Bertz CT molecular complexity index is 769. The number of rotatable bonds is 6. The lowest BCUT2D eigenvalue weighted by Crippen LogP contribution is -2.47. The SMILES string of the molecule is CCCCNC(=O)[C@H]1N=C(c2ccc(Cl)cc2)[C@@H]1c1ccc(Cl)cc1. The molecule has 2 atom stereocenters. The van der Waals surface area contributed by atoms with E-state index in [1.54, 1.807) is 0 Å². The van der Waals surface area contributed by atoms with Crippen LogP contribution in [0.15, 0.2) is 53.5 Å². The van der Waals surface area contributed by atoms with E-state index in [-0.39, 0.29) is 11.8 Å². The summed E-state index contributed by atoms with van der Waals surface area (Å²) in [6, 6.07) is 14.8. The lowest BCUT2D eigenvalue weighted by molar-refractivity contribution is -0.122. The van der Waals surface area contributed by atoms with Crippen molar-refractivity contribution in [2.24, 2.45) is 4.99 Å². The van der Waals surface area contributed by atoms with Crippen molar-refractivity contribution < 1.29 is 4.79 Å². The molecule has 0 fully saturated rings. The molecule has 1 N–H and O–H groups in total. The van der Waals surface area contributed by atoms with E-state index in [1.165, 1.54) is 0 Å². The van der Waals surface area contributed by atoms with Crippen molar-refractivity contribution in [3.8, 4) is 0 Å². The highest BCUT2D eigenvalue weighted by Gasteiger charge is 2.41. The molecule has 1 amide bonds. The van der Waals surface area contributed by atoms with E-state index in [9.17, 15) is 4.79 Å². The molecule has 0 unspecified atom stereocenters. The summed E-state index contributed by atoms with van der Waals surface area (Å²) in [5.74, 6) is -0.0915. The molecule has 2 aromatic rings. The predicted octanol–water partition coefficient (Wildman–Crippen LogP) is 4.86. The number of hydrogen-bond donors (Lipinski definition) is 1. The summed E-state index contributed by atoms with van der Waals surface area (Å²) in [5, 5.41) is 4.34. The maximum Gasteiger partial charge on any atom is 0.245 e. The molecule has 5 heteroatoms. The molecule has 130 valence electrons. The zero-order valence-electron chi connectivity index (χ0n) is 14.0. The molecule has 25 heavy (non-hydrogen) atoms. The molecule has 0 saturated carbocycles. The van der Waals surface area contributed by atoms with Gasteiger partial charge in [0.25, 0.3) is 0 Å². The van der Waals surface area contributed by atoms with E-state index in [1.807, 2.05) is 48.5 Å². The minimum atomic E-state index is -0.399. The van der Waals surface area contributed by atoms with Crippen molar-refractivity contribution in [1.29, 1.82) is 0 Å². The highest BCUT2D eigenvalue weighted by molar-refractivity contribution is 6.31. The van der Waals surface area contributed by atoms with E-state index in [2.05, 4.69) is 17.2 Å². The van der Waals surface area contributed by atoms with E-state index in [0.29, 0.717) is 16.6 Å². The Balaban J connectivity index is 1.87. The maximum absolute atomic E-state index is 12.5. The Morgan fingerprint density at radius 3 is 2.24 bits per heavy atom. The number of carbonyl (C=O) groups is 1. The second-order valence-electron chi connectivity index (χ2n) is 6.14. The minimum Gasteiger partial charge on any atom is -0.354 e. The molecule has 0 aromatic heterocycles. The number of aliphatic imine (C=N–C) groups is 1. The van der Waals surface area contributed by atoms with Crippen molar-refractivity contribution in [1.82, 2.24) is 5.32 Å². The molecule has 1 aliphatic heterocycles. The summed E-state index contributed by atoms with van der Waals surface area (Å²) in [6.07, 6.45) is 2.02. The third kappa shape index (κ3) is 4.05.